The average Bonchev–Trinajstić information content (AvgIpc) is 2.67. The highest BCUT2D eigenvalue weighted by Crippen LogP contribution is 2.23. The Kier molecular flexibility index (Phi) is 2.90. The van der Waals surface area contributed by atoms with Gasteiger partial charge >= 0.3 is 0 Å². The van der Waals surface area contributed by atoms with Crippen LogP contribution in [0.3, 0.4) is 0 Å². The maximum Gasteiger partial charge on any atom is 0.138 e. The number of anilines is 1. The van der Waals surface area contributed by atoms with Gasteiger partial charge in [-0.3, -0.25) is 0 Å². The van der Waals surface area contributed by atoms with E-state index in [1.54, 1.807) is 17.7 Å². The quantitative estimate of drug-likeness (QED) is 0.744. The van der Waals surface area contributed by atoms with Crippen molar-refractivity contribution < 1.29 is 0 Å². The van der Waals surface area contributed by atoms with Gasteiger partial charge in [-0.2, -0.15) is 0 Å². The summed E-state index contributed by atoms with van der Waals surface area (Å²) in [6, 6.07) is 2.04. The summed E-state index contributed by atoms with van der Waals surface area (Å²) >= 11 is 1.63. The van der Waals surface area contributed by atoms with Crippen LogP contribution < -0.4 is 10.6 Å². The second kappa shape index (κ2) is 4.34. The van der Waals surface area contributed by atoms with Crippen LogP contribution in [0.25, 0.3) is 10.2 Å². The first-order valence-corrected chi connectivity index (χ1v) is 5.36. The van der Waals surface area contributed by atoms with Crippen LogP contribution in [0.2, 0.25) is 0 Å². The lowest BCUT2D eigenvalue weighted by Crippen LogP contribution is -2.18. The fourth-order valence-electron chi connectivity index (χ4n) is 1.24. The molecule has 2 rings (SSSR count). The van der Waals surface area contributed by atoms with Gasteiger partial charge in [0, 0.05) is 13.1 Å². The second-order valence-electron chi connectivity index (χ2n) is 2.89. The Labute approximate surface area is 86.4 Å². The number of nitrogens with one attached hydrogen (secondary N) is 2. The monoisotopic (exact) mass is 208 g/mol. The molecule has 0 aromatic carbocycles. The summed E-state index contributed by atoms with van der Waals surface area (Å²) in [7, 11) is 1.93. The Hall–Kier alpha value is -1.20. The van der Waals surface area contributed by atoms with Crippen LogP contribution in [0, 0.1) is 0 Å². The minimum absolute atomic E-state index is 0.873. The molecule has 0 atom stereocenters. The van der Waals surface area contributed by atoms with Crippen molar-refractivity contribution >= 4 is 27.4 Å². The molecular formula is C9H12N4S. The smallest absolute Gasteiger partial charge is 0.138 e. The Morgan fingerprint density at radius 1 is 1.36 bits per heavy atom. The lowest BCUT2D eigenvalue weighted by Gasteiger charge is -2.04. The van der Waals surface area contributed by atoms with Gasteiger partial charge in [0.2, 0.25) is 0 Å². The summed E-state index contributed by atoms with van der Waals surface area (Å²) in [6.07, 6.45) is 1.60. The van der Waals surface area contributed by atoms with Gasteiger partial charge < -0.3 is 10.6 Å². The molecule has 0 saturated heterocycles. The molecule has 2 aromatic rings. The first-order valence-electron chi connectivity index (χ1n) is 4.48. The minimum atomic E-state index is 0.873. The molecule has 2 N–H and O–H groups in total. The molecular weight excluding hydrogens is 196 g/mol. The number of rotatable bonds is 4. The molecule has 0 aliphatic rings. The topological polar surface area (TPSA) is 49.8 Å². The first-order chi connectivity index (χ1) is 6.92. The van der Waals surface area contributed by atoms with Crippen molar-refractivity contribution in [3.8, 4) is 0 Å². The SMILES string of the molecule is CNCCNc1ncnc2sccc12. The maximum atomic E-state index is 4.21. The van der Waals surface area contributed by atoms with E-state index in [2.05, 4.69) is 20.6 Å². The maximum absolute atomic E-state index is 4.21. The van der Waals surface area contributed by atoms with Gasteiger partial charge in [-0.1, -0.05) is 0 Å². The van der Waals surface area contributed by atoms with Gasteiger partial charge in [-0.15, -0.1) is 11.3 Å². The lowest BCUT2D eigenvalue weighted by atomic mass is 10.4. The molecule has 0 spiro atoms. The Morgan fingerprint density at radius 2 is 2.29 bits per heavy atom. The highest BCUT2D eigenvalue weighted by molar-refractivity contribution is 7.16. The van der Waals surface area contributed by atoms with E-state index < -0.39 is 0 Å². The van der Waals surface area contributed by atoms with Crippen LogP contribution in [0.4, 0.5) is 5.82 Å². The third-order valence-electron chi connectivity index (χ3n) is 1.93. The van der Waals surface area contributed by atoms with Crippen LogP contribution in [0.15, 0.2) is 17.8 Å². The number of aromatic nitrogens is 2. The molecule has 2 heterocycles. The van der Waals surface area contributed by atoms with Gasteiger partial charge in [-0.25, -0.2) is 9.97 Å². The van der Waals surface area contributed by atoms with Crippen molar-refractivity contribution in [1.82, 2.24) is 15.3 Å². The molecule has 0 bridgehead atoms. The molecule has 0 amide bonds. The fraction of sp³-hybridized carbons (Fsp3) is 0.333. The largest absolute Gasteiger partial charge is 0.368 e. The van der Waals surface area contributed by atoms with E-state index in [0.717, 1.165) is 29.1 Å². The third-order valence-corrected chi connectivity index (χ3v) is 2.75. The molecule has 0 radical (unpaired) electrons. The molecule has 4 nitrogen and oxygen atoms in total. The first kappa shape index (κ1) is 9.36. The molecule has 0 aliphatic carbocycles. The van der Waals surface area contributed by atoms with E-state index in [1.807, 2.05) is 18.5 Å². The van der Waals surface area contributed by atoms with E-state index in [9.17, 15) is 0 Å². The summed E-state index contributed by atoms with van der Waals surface area (Å²) in [6.45, 7) is 1.80. The van der Waals surface area contributed by atoms with Crippen LogP contribution in [-0.4, -0.2) is 30.1 Å². The van der Waals surface area contributed by atoms with Gasteiger partial charge in [0.25, 0.3) is 0 Å². The summed E-state index contributed by atoms with van der Waals surface area (Å²) in [5, 5.41) is 9.48. The summed E-state index contributed by atoms with van der Waals surface area (Å²) in [5.41, 5.74) is 0. The molecule has 2 aromatic heterocycles. The predicted octanol–water partition coefficient (Wildman–Crippen LogP) is 1.32. The van der Waals surface area contributed by atoms with E-state index in [4.69, 9.17) is 0 Å². The van der Waals surface area contributed by atoms with Crippen molar-refractivity contribution in [2.45, 2.75) is 0 Å². The molecule has 0 saturated carbocycles. The number of nitrogens with zero attached hydrogens (tertiary/aromatic N) is 2. The Bertz CT molecular complexity index is 412. The van der Waals surface area contributed by atoms with Gasteiger partial charge in [0.15, 0.2) is 0 Å². The molecule has 0 aliphatic heterocycles. The zero-order chi connectivity index (χ0) is 9.80. The number of likely N-dealkylation sites (N-methyl/N-ethyl adjacent to an activating group) is 1. The van der Waals surface area contributed by atoms with E-state index in [1.165, 1.54) is 0 Å². The number of hydrogen-bond donors (Lipinski definition) is 2. The zero-order valence-corrected chi connectivity index (χ0v) is 8.77. The molecule has 0 fully saturated rings. The highest BCUT2D eigenvalue weighted by Gasteiger charge is 2.02. The van der Waals surface area contributed by atoms with E-state index in [0.29, 0.717) is 0 Å². The van der Waals surface area contributed by atoms with Crippen LogP contribution in [0.1, 0.15) is 0 Å². The Balaban J connectivity index is 2.19. The van der Waals surface area contributed by atoms with Gasteiger partial charge in [0.1, 0.15) is 17.0 Å². The molecule has 14 heavy (non-hydrogen) atoms. The number of fused-ring (bicyclic) bond motifs is 1. The second-order valence-corrected chi connectivity index (χ2v) is 3.79. The minimum Gasteiger partial charge on any atom is -0.368 e. The van der Waals surface area contributed by atoms with Crippen LogP contribution in [0.5, 0.6) is 0 Å². The van der Waals surface area contributed by atoms with Crippen LogP contribution in [-0.2, 0) is 0 Å². The normalized spacial score (nSPS) is 10.6. The number of thiophene rings is 1. The fourth-order valence-corrected chi connectivity index (χ4v) is 1.97. The summed E-state index contributed by atoms with van der Waals surface area (Å²) < 4.78 is 0. The lowest BCUT2D eigenvalue weighted by molar-refractivity contribution is 0.822. The average molecular weight is 208 g/mol. The third kappa shape index (κ3) is 1.83. The van der Waals surface area contributed by atoms with Crippen molar-refractivity contribution in [3.05, 3.63) is 17.8 Å². The van der Waals surface area contributed by atoms with Crippen LogP contribution >= 0.6 is 11.3 Å². The highest BCUT2D eigenvalue weighted by atomic mass is 32.1. The van der Waals surface area contributed by atoms with E-state index in [-0.39, 0.29) is 0 Å². The molecule has 5 heteroatoms. The van der Waals surface area contributed by atoms with Crippen molar-refractivity contribution in [3.63, 3.8) is 0 Å². The van der Waals surface area contributed by atoms with Crippen molar-refractivity contribution in [2.75, 3.05) is 25.5 Å². The molecule has 0 unspecified atom stereocenters. The molecule has 74 valence electrons. The predicted molar refractivity (Wildman–Crippen MR) is 59.8 cm³/mol. The Morgan fingerprint density at radius 3 is 3.14 bits per heavy atom. The summed E-state index contributed by atoms with van der Waals surface area (Å²) in [4.78, 5) is 9.42. The van der Waals surface area contributed by atoms with Crippen molar-refractivity contribution in [1.29, 1.82) is 0 Å². The standard InChI is InChI=1S/C9H12N4S/c1-10-3-4-11-8-7-2-5-14-9(7)13-6-12-8/h2,5-6,10H,3-4H2,1H3,(H,11,12,13). The zero-order valence-electron chi connectivity index (χ0n) is 7.95. The summed E-state index contributed by atoms with van der Waals surface area (Å²) in [5.74, 6) is 0.923. The number of hydrogen-bond acceptors (Lipinski definition) is 5. The van der Waals surface area contributed by atoms with Gasteiger partial charge in [-0.05, 0) is 18.5 Å². The van der Waals surface area contributed by atoms with Crippen molar-refractivity contribution in [2.24, 2.45) is 0 Å². The van der Waals surface area contributed by atoms with E-state index >= 15 is 0 Å². The van der Waals surface area contributed by atoms with Gasteiger partial charge in [0.05, 0.1) is 5.39 Å².